The average molecular weight is 387 g/mol. The molecule has 1 unspecified atom stereocenters. The van der Waals surface area contributed by atoms with E-state index in [1.807, 2.05) is 0 Å². The Hall–Kier alpha value is -2.77. The smallest absolute Gasteiger partial charge is 0.255 e. The monoisotopic (exact) mass is 387 g/mol. The maximum absolute atomic E-state index is 12.5. The number of likely N-dealkylation sites (tertiary alicyclic amines) is 1. The minimum Gasteiger partial charge on any atom is -0.497 e. The van der Waals surface area contributed by atoms with Gasteiger partial charge < -0.3 is 25.0 Å². The lowest BCUT2D eigenvalue weighted by atomic mass is 9.94. The van der Waals surface area contributed by atoms with E-state index in [0.717, 1.165) is 12.8 Å². The Kier molecular flexibility index (Phi) is 4.87. The molecule has 2 aliphatic heterocycles. The highest BCUT2D eigenvalue weighted by atomic mass is 16.5. The molecule has 28 heavy (non-hydrogen) atoms. The van der Waals surface area contributed by atoms with E-state index in [1.165, 1.54) is 0 Å². The van der Waals surface area contributed by atoms with Gasteiger partial charge in [-0.1, -0.05) is 0 Å². The summed E-state index contributed by atoms with van der Waals surface area (Å²) in [7, 11) is 1.55. The third kappa shape index (κ3) is 3.90. The average Bonchev–Trinajstić information content (AvgIpc) is 3.52. The van der Waals surface area contributed by atoms with Gasteiger partial charge in [0.15, 0.2) is 0 Å². The highest BCUT2D eigenvalue weighted by Crippen LogP contribution is 2.34. The van der Waals surface area contributed by atoms with Gasteiger partial charge in [-0.05, 0) is 37.5 Å². The Bertz CT molecular complexity index is 807. The molecule has 1 aliphatic carbocycles. The minimum atomic E-state index is -0.674. The molecule has 3 amide bonds. The van der Waals surface area contributed by atoms with Gasteiger partial charge in [-0.25, -0.2) is 0 Å². The Morgan fingerprint density at radius 3 is 2.93 bits per heavy atom. The number of amides is 3. The third-order valence-electron chi connectivity index (χ3n) is 5.59. The number of ether oxygens (including phenoxy) is 2. The second-order valence-electron chi connectivity index (χ2n) is 7.74. The maximum Gasteiger partial charge on any atom is 0.255 e. The van der Waals surface area contributed by atoms with Gasteiger partial charge in [0.1, 0.15) is 17.1 Å². The van der Waals surface area contributed by atoms with E-state index in [1.54, 1.807) is 30.2 Å². The molecule has 0 bridgehead atoms. The van der Waals surface area contributed by atoms with E-state index in [2.05, 4.69) is 10.6 Å². The van der Waals surface area contributed by atoms with Crippen molar-refractivity contribution >= 4 is 17.7 Å². The van der Waals surface area contributed by atoms with Gasteiger partial charge in [0.05, 0.1) is 25.8 Å². The zero-order valence-corrected chi connectivity index (χ0v) is 16.0. The zero-order valence-electron chi connectivity index (χ0n) is 16.0. The Labute approximate surface area is 163 Å². The number of carbonyl (C=O) groups excluding carboxylic acids is 3. The summed E-state index contributed by atoms with van der Waals surface area (Å²) in [4.78, 5) is 38.7. The fraction of sp³-hybridized carbons (Fsp3) is 0.550. The van der Waals surface area contributed by atoms with Crippen LogP contribution in [-0.4, -0.2) is 61.0 Å². The van der Waals surface area contributed by atoms with Crippen LogP contribution in [-0.2, 0) is 9.59 Å². The van der Waals surface area contributed by atoms with Crippen LogP contribution in [0.5, 0.6) is 11.5 Å². The topological polar surface area (TPSA) is 97.0 Å². The van der Waals surface area contributed by atoms with E-state index < -0.39 is 5.60 Å². The summed E-state index contributed by atoms with van der Waals surface area (Å²) in [6.07, 6.45) is 3.33. The van der Waals surface area contributed by atoms with Crippen molar-refractivity contribution in [2.75, 3.05) is 26.7 Å². The van der Waals surface area contributed by atoms with Crippen molar-refractivity contribution in [3.8, 4) is 11.5 Å². The summed E-state index contributed by atoms with van der Waals surface area (Å²) in [6, 6.07) is 5.41. The first-order valence-electron chi connectivity index (χ1n) is 9.70. The number of benzene rings is 1. The van der Waals surface area contributed by atoms with Gasteiger partial charge in [-0.2, -0.15) is 0 Å². The molecule has 8 nitrogen and oxygen atoms in total. The molecule has 1 aromatic rings. The first-order chi connectivity index (χ1) is 13.5. The fourth-order valence-corrected chi connectivity index (χ4v) is 3.71. The van der Waals surface area contributed by atoms with Crippen LogP contribution in [0.25, 0.3) is 0 Å². The molecule has 0 radical (unpaired) electrons. The standard InChI is InChI=1S/C20H25N3O5/c1-27-14-4-5-16-15(10-14)19(26)21-12-20(28-16)7-6-18(25)23(9-8-20)11-17(24)22-13-2-3-13/h4-5,10,13H,2-3,6-9,11-12H2,1H3,(H,21,26)(H,22,24). The number of nitrogens with one attached hydrogen (secondary N) is 2. The summed E-state index contributed by atoms with van der Waals surface area (Å²) in [5.41, 5.74) is -0.250. The van der Waals surface area contributed by atoms with E-state index >= 15 is 0 Å². The largest absolute Gasteiger partial charge is 0.497 e. The minimum absolute atomic E-state index is 0.0584. The SMILES string of the molecule is COc1ccc2c(c1)C(=O)NCC1(CCC(=O)N(CC(=O)NC3CC3)CC1)O2. The molecule has 1 spiro atoms. The number of nitrogens with zero attached hydrogens (tertiary/aromatic N) is 1. The number of hydrogen-bond donors (Lipinski definition) is 2. The molecule has 1 atom stereocenters. The lowest BCUT2D eigenvalue weighted by Crippen LogP contribution is -2.46. The molecule has 2 fully saturated rings. The van der Waals surface area contributed by atoms with Crippen molar-refractivity contribution in [1.82, 2.24) is 15.5 Å². The molecule has 8 heteroatoms. The number of hydrogen-bond acceptors (Lipinski definition) is 5. The lowest BCUT2D eigenvalue weighted by Gasteiger charge is -2.32. The first kappa shape index (κ1) is 18.6. The van der Waals surface area contributed by atoms with Crippen molar-refractivity contribution in [2.24, 2.45) is 0 Å². The van der Waals surface area contributed by atoms with Crippen LogP contribution >= 0.6 is 0 Å². The van der Waals surface area contributed by atoms with E-state index in [4.69, 9.17) is 9.47 Å². The molecule has 0 aromatic heterocycles. The van der Waals surface area contributed by atoms with Gasteiger partial charge in [0.2, 0.25) is 11.8 Å². The van der Waals surface area contributed by atoms with Crippen LogP contribution in [0.3, 0.4) is 0 Å². The molecule has 1 saturated carbocycles. The molecule has 1 saturated heterocycles. The number of carbonyl (C=O) groups is 3. The zero-order chi connectivity index (χ0) is 19.7. The Morgan fingerprint density at radius 2 is 2.18 bits per heavy atom. The number of methoxy groups -OCH3 is 1. The van der Waals surface area contributed by atoms with Gasteiger partial charge >= 0.3 is 0 Å². The van der Waals surface area contributed by atoms with Gasteiger partial charge in [0.25, 0.3) is 5.91 Å². The lowest BCUT2D eigenvalue weighted by molar-refractivity contribution is -0.135. The molecule has 2 heterocycles. The second kappa shape index (κ2) is 7.33. The molecule has 150 valence electrons. The van der Waals surface area contributed by atoms with Crippen LogP contribution in [0.1, 0.15) is 42.5 Å². The summed E-state index contributed by atoms with van der Waals surface area (Å²) in [5.74, 6) is 0.679. The summed E-state index contributed by atoms with van der Waals surface area (Å²) < 4.78 is 11.5. The van der Waals surface area contributed by atoms with E-state index in [-0.39, 0.29) is 36.7 Å². The fourth-order valence-electron chi connectivity index (χ4n) is 3.71. The molecule has 1 aromatic carbocycles. The van der Waals surface area contributed by atoms with Crippen molar-refractivity contribution in [3.63, 3.8) is 0 Å². The normalized spacial score (nSPS) is 24.5. The van der Waals surface area contributed by atoms with Crippen LogP contribution in [0.2, 0.25) is 0 Å². The maximum atomic E-state index is 12.5. The van der Waals surface area contributed by atoms with E-state index in [0.29, 0.717) is 43.0 Å². The number of fused-ring (bicyclic) bond motifs is 1. The molecule has 4 rings (SSSR count). The summed E-state index contributed by atoms with van der Waals surface area (Å²) in [5, 5.41) is 5.84. The molecule has 3 aliphatic rings. The highest BCUT2D eigenvalue weighted by Gasteiger charge is 2.40. The van der Waals surface area contributed by atoms with Crippen molar-refractivity contribution in [2.45, 2.75) is 43.7 Å². The summed E-state index contributed by atoms with van der Waals surface area (Å²) in [6.45, 7) is 0.808. The van der Waals surface area contributed by atoms with Crippen molar-refractivity contribution in [3.05, 3.63) is 23.8 Å². The number of rotatable bonds is 4. The predicted octanol–water partition coefficient (Wildman–Crippen LogP) is 0.847. The van der Waals surface area contributed by atoms with E-state index in [9.17, 15) is 14.4 Å². The predicted molar refractivity (Wildman–Crippen MR) is 100 cm³/mol. The van der Waals surface area contributed by atoms with Crippen molar-refractivity contribution in [1.29, 1.82) is 0 Å². The Morgan fingerprint density at radius 1 is 1.36 bits per heavy atom. The Balaban J connectivity index is 1.49. The second-order valence-corrected chi connectivity index (χ2v) is 7.74. The quantitative estimate of drug-likeness (QED) is 0.798. The van der Waals surface area contributed by atoms with Crippen LogP contribution in [0.15, 0.2) is 18.2 Å². The van der Waals surface area contributed by atoms with Crippen molar-refractivity contribution < 1.29 is 23.9 Å². The highest BCUT2D eigenvalue weighted by molar-refractivity contribution is 5.97. The molecular formula is C20H25N3O5. The van der Waals surface area contributed by atoms with Gasteiger partial charge in [-0.15, -0.1) is 0 Å². The summed E-state index contributed by atoms with van der Waals surface area (Å²) >= 11 is 0. The van der Waals surface area contributed by atoms with Gasteiger partial charge in [0, 0.05) is 25.4 Å². The molecular weight excluding hydrogens is 362 g/mol. The first-order valence-corrected chi connectivity index (χ1v) is 9.70. The van der Waals surface area contributed by atoms with Crippen LogP contribution in [0, 0.1) is 0 Å². The van der Waals surface area contributed by atoms with Crippen LogP contribution in [0.4, 0.5) is 0 Å². The third-order valence-corrected chi connectivity index (χ3v) is 5.59. The molecule has 2 N–H and O–H groups in total. The van der Waals surface area contributed by atoms with Crippen LogP contribution < -0.4 is 20.1 Å². The van der Waals surface area contributed by atoms with Gasteiger partial charge in [-0.3, -0.25) is 14.4 Å².